The maximum atomic E-state index is 11.8. The summed E-state index contributed by atoms with van der Waals surface area (Å²) in [5, 5.41) is 13.4. The molecule has 0 saturated heterocycles. The molecule has 18 heavy (non-hydrogen) atoms. The van der Waals surface area contributed by atoms with Crippen molar-refractivity contribution in [3.8, 4) is 5.75 Å². The molecule has 0 bridgehead atoms. The van der Waals surface area contributed by atoms with Crippen molar-refractivity contribution >= 4 is 12.1 Å². The van der Waals surface area contributed by atoms with E-state index >= 15 is 0 Å². The second kappa shape index (κ2) is 4.12. The van der Waals surface area contributed by atoms with E-state index in [-0.39, 0.29) is 17.6 Å². The van der Waals surface area contributed by atoms with Crippen LogP contribution >= 0.6 is 0 Å². The van der Waals surface area contributed by atoms with Gasteiger partial charge in [-0.25, -0.2) is 5.43 Å². The van der Waals surface area contributed by atoms with Gasteiger partial charge in [-0.05, 0) is 36.8 Å². The molecule has 4 nitrogen and oxygen atoms in total. The first-order valence-electron chi connectivity index (χ1n) is 6.32. The van der Waals surface area contributed by atoms with E-state index in [1.165, 1.54) is 25.5 Å². The molecule has 94 valence electrons. The molecular weight excluding hydrogens is 228 g/mol. The molecule has 4 heteroatoms. The van der Waals surface area contributed by atoms with Crippen LogP contribution in [-0.2, 0) is 4.79 Å². The third-order valence-corrected chi connectivity index (χ3v) is 4.17. The summed E-state index contributed by atoms with van der Waals surface area (Å²) in [4.78, 5) is 11.8. The lowest BCUT2D eigenvalue weighted by Crippen LogP contribution is -2.26. The number of phenolic OH excluding ortho intramolecular Hbond substituents is 1. The van der Waals surface area contributed by atoms with Crippen molar-refractivity contribution in [2.24, 2.45) is 16.4 Å². The smallest absolute Gasteiger partial charge is 0.243 e. The van der Waals surface area contributed by atoms with Crippen LogP contribution in [0, 0.1) is 11.3 Å². The highest BCUT2D eigenvalue weighted by atomic mass is 16.3. The molecule has 3 rings (SSSR count). The van der Waals surface area contributed by atoms with Crippen molar-refractivity contribution in [2.75, 3.05) is 0 Å². The summed E-state index contributed by atoms with van der Waals surface area (Å²) < 4.78 is 0. The Hall–Kier alpha value is -1.84. The Balaban J connectivity index is 1.55. The minimum absolute atomic E-state index is 0.0152. The Kier molecular flexibility index (Phi) is 2.58. The van der Waals surface area contributed by atoms with Crippen molar-refractivity contribution in [1.29, 1.82) is 0 Å². The number of hydrogen-bond acceptors (Lipinski definition) is 3. The number of benzene rings is 1. The van der Waals surface area contributed by atoms with Gasteiger partial charge in [0.1, 0.15) is 5.75 Å². The van der Waals surface area contributed by atoms with Crippen LogP contribution in [0.3, 0.4) is 0 Å². The number of carbonyl (C=O) groups excluding carboxylic acids is 1. The molecule has 1 aromatic rings. The van der Waals surface area contributed by atoms with Gasteiger partial charge in [-0.3, -0.25) is 4.79 Å². The molecule has 0 aromatic heterocycles. The normalized spacial score (nSPS) is 23.9. The fourth-order valence-corrected chi connectivity index (χ4v) is 2.74. The van der Waals surface area contributed by atoms with E-state index in [2.05, 4.69) is 10.5 Å². The number of rotatable bonds is 3. The first kappa shape index (κ1) is 11.3. The molecule has 2 saturated carbocycles. The molecule has 1 amide bonds. The molecule has 1 aromatic carbocycles. The summed E-state index contributed by atoms with van der Waals surface area (Å²) in [6.07, 6.45) is 6.13. The molecule has 2 aliphatic rings. The highest BCUT2D eigenvalue weighted by molar-refractivity contribution is 5.86. The topological polar surface area (TPSA) is 61.7 Å². The van der Waals surface area contributed by atoms with Gasteiger partial charge in [0, 0.05) is 11.5 Å². The lowest BCUT2D eigenvalue weighted by atomic mass is 9.80. The average molecular weight is 244 g/mol. The molecule has 2 N–H and O–H groups in total. The lowest BCUT2D eigenvalue weighted by molar-refractivity contribution is -0.123. The summed E-state index contributed by atoms with van der Waals surface area (Å²) in [5.74, 6) is 0.339. The van der Waals surface area contributed by atoms with Crippen molar-refractivity contribution in [2.45, 2.75) is 25.7 Å². The second-order valence-corrected chi connectivity index (χ2v) is 5.27. The minimum atomic E-state index is 0.0152. The molecule has 0 unspecified atom stereocenters. The first-order valence-corrected chi connectivity index (χ1v) is 6.32. The third-order valence-electron chi connectivity index (χ3n) is 4.17. The van der Waals surface area contributed by atoms with Crippen LogP contribution in [0.4, 0.5) is 0 Å². The van der Waals surface area contributed by atoms with E-state index in [0.29, 0.717) is 11.0 Å². The maximum absolute atomic E-state index is 11.8. The van der Waals surface area contributed by atoms with Gasteiger partial charge in [0.2, 0.25) is 5.91 Å². The number of para-hydroxylation sites is 1. The van der Waals surface area contributed by atoms with E-state index in [9.17, 15) is 9.90 Å². The van der Waals surface area contributed by atoms with Crippen LogP contribution in [0.15, 0.2) is 29.4 Å². The molecule has 2 aliphatic carbocycles. The van der Waals surface area contributed by atoms with E-state index < -0.39 is 0 Å². The van der Waals surface area contributed by atoms with Gasteiger partial charge in [-0.15, -0.1) is 0 Å². The van der Waals surface area contributed by atoms with Gasteiger partial charge in [0.25, 0.3) is 0 Å². The number of aromatic hydroxyl groups is 1. The highest BCUT2D eigenvalue weighted by Crippen LogP contribution is 2.65. The molecular formula is C14H16N2O2. The summed E-state index contributed by atoms with van der Waals surface area (Å²) in [6, 6.07) is 6.89. The van der Waals surface area contributed by atoms with Crippen molar-refractivity contribution in [3.05, 3.63) is 29.8 Å². The zero-order valence-electron chi connectivity index (χ0n) is 10.1. The Morgan fingerprint density at radius 3 is 2.83 bits per heavy atom. The number of amides is 1. The van der Waals surface area contributed by atoms with E-state index in [0.717, 1.165) is 6.42 Å². The molecule has 0 radical (unpaired) electrons. The Bertz CT molecular complexity index is 506. The van der Waals surface area contributed by atoms with Crippen molar-refractivity contribution < 1.29 is 9.90 Å². The van der Waals surface area contributed by atoms with Gasteiger partial charge in [-0.2, -0.15) is 5.10 Å². The quantitative estimate of drug-likeness (QED) is 0.631. The predicted molar refractivity (Wildman–Crippen MR) is 68.2 cm³/mol. The molecule has 0 heterocycles. The molecule has 0 aliphatic heterocycles. The van der Waals surface area contributed by atoms with Crippen LogP contribution in [0.5, 0.6) is 5.75 Å². The maximum Gasteiger partial charge on any atom is 0.243 e. The van der Waals surface area contributed by atoms with Gasteiger partial charge >= 0.3 is 0 Å². The monoisotopic (exact) mass is 244 g/mol. The van der Waals surface area contributed by atoms with E-state index in [1.807, 2.05) is 6.07 Å². The number of nitrogens with zero attached hydrogens (tertiary/aromatic N) is 1. The molecule has 1 spiro atoms. The zero-order valence-corrected chi connectivity index (χ0v) is 10.1. The molecule has 2 fully saturated rings. The first-order chi connectivity index (χ1) is 8.71. The number of hydrogen-bond donors (Lipinski definition) is 2. The summed E-state index contributed by atoms with van der Waals surface area (Å²) >= 11 is 0. The van der Waals surface area contributed by atoms with E-state index in [4.69, 9.17) is 0 Å². The van der Waals surface area contributed by atoms with Crippen molar-refractivity contribution in [1.82, 2.24) is 5.43 Å². The van der Waals surface area contributed by atoms with Gasteiger partial charge < -0.3 is 5.11 Å². The fourth-order valence-electron chi connectivity index (χ4n) is 2.74. The zero-order chi connectivity index (χ0) is 12.6. The SMILES string of the molecule is O=C(N/N=C/c1ccccc1O)[C@H]1CC12CCC2. The number of nitrogens with one attached hydrogen (secondary N) is 1. The largest absolute Gasteiger partial charge is 0.507 e. The second-order valence-electron chi connectivity index (χ2n) is 5.27. The van der Waals surface area contributed by atoms with E-state index in [1.54, 1.807) is 18.2 Å². The van der Waals surface area contributed by atoms with Crippen LogP contribution in [0.25, 0.3) is 0 Å². The Labute approximate surface area is 106 Å². The number of phenols is 1. The van der Waals surface area contributed by atoms with Crippen LogP contribution < -0.4 is 5.43 Å². The predicted octanol–water partition coefficient (Wildman–Crippen LogP) is 2.03. The third kappa shape index (κ3) is 1.88. The fraction of sp³-hybridized carbons (Fsp3) is 0.429. The summed E-state index contributed by atoms with van der Waals surface area (Å²) in [5.41, 5.74) is 3.49. The Morgan fingerprint density at radius 1 is 1.44 bits per heavy atom. The summed E-state index contributed by atoms with van der Waals surface area (Å²) in [7, 11) is 0. The van der Waals surface area contributed by atoms with Gasteiger partial charge in [0.05, 0.1) is 6.21 Å². The Morgan fingerprint density at radius 2 is 2.22 bits per heavy atom. The van der Waals surface area contributed by atoms with Crippen molar-refractivity contribution in [3.63, 3.8) is 0 Å². The lowest BCUT2D eigenvalue weighted by Gasteiger charge is -2.25. The number of hydrazone groups is 1. The van der Waals surface area contributed by atoms with Crippen LogP contribution in [0.2, 0.25) is 0 Å². The average Bonchev–Trinajstić information content (AvgIpc) is 3.07. The standard InChI is InChI=1S/C14H16N2O2/c17-12-5-2-1-4-10(12)9-15-16-13(18)11-8-14(11)6-3-7-14/h1-2,4-5,9,11,17H,3,6-8H2,(H,16,18)/b15-9+/t11-/m1/s1. The molecule has 1 atom stereocenters. The minimum Gasteiger partial charge on any atom is -0.507 e. The van der Waals surface area contributed by atoms with Gasteiger partial charge in [0.15, 0.2) is 0 Å². The van der Waals surface area contributed by atoms with Crippen LogP contribution in [0.1, 0.15) is 31.2 Å². The summed E-state index contributed by atoms with van der Waals surface area (Å²) in [6.45, 7) is 0. The highest BCUT2D eigenvalue weighted by Gasteiger charge is 2.60. The van der Waals surface area contributed by atoms with Crippen LogP contribution in [-0.4, -0.2) is 17.2 Å². The number of carbonyl (C=O) groups is 1. The van der Waals surface area contributed by atoms with Gasteiger partial charge in [-0.1, -0.05) is 18.6 Å².